The van der Waals surface area contributed by atoms with E-state index in [1.807, 2.05) is 25.1 Å². The first-order valence-corrected chi connectivity index (χ1v) is 7.32. The second kappa shape index (κ2) is 6.91. The van der Waals surface area contributed by atoms with Crippen molar-refractivity contribution in [1.82, 2.24) is 5.32 Å². The van der Waals surface area contributed by atoms with Crippen molar-refractivity contribution in [2.24, 2.45) is 5.92 Å². The normalized spacial score (nSPS) is 17.1. The Bertz CT molecular complexity index is 487. The van der Waals surface area contributed by atoms with Gasteiger partial charge in [-0.3, -0.25) is 5.32 Å². The molecule has 0 saturated heterocycles. The highest BCUT2D eigenvalue weighted by Crippen LogP contribution is 2.40. The van der Waals surface area contributed by atoms with Gasteiger partial charge in [-0.05, 0) is 43.0 Å². The molecule has 5 heteroatoms. The zero-order valence-corrected chi connectivity index (χ0v) is 12.6. The number of methoxy groups -OCH3 is 1. The molecule has 1 atom stereocenters. The van der Waals surface area contributed by atoms with Crippen molar-refractivity contribution in [3.63, 3.8) is 0 Å². The van der Waals surface area contributed by atoms with Crippen molar-refractivity contribution < 1.29 is 19.4 Å². The summed E-state index contributed by atoms with van der Waals surface area (Å²) in [6.45, 7) is 2.83. The van der Waals surface area contributed by atoms with Crippen molar-refractivity contribution in [1.29, 1.82) is 0 Å². The van der Waals surface area contributed by atoms with Gasteiger partial charge in [-0.25, -0.2) is 4.79 Å². The lowest BCUT2D eigenvalue weighted by Gasteiger charge is -2.31. The number of ether oxygens (including phenoxy) is 2. The number of esters is 1. The minimum Gasteiger partial charge on any atom is -0.491 e. The van der Waals surface area contributed by atoms with Crippen LogP contribution in [0.2, 0.25) is 0 Å². The van der Waals surface area contributed by atoms with Crippen molar-refractivity contribution in [2.45, 2.75) is 31.9 Å². The van der Waals surface area contributed by atoms with Gasteiger partial charge >= 0.3 is 5.97 Å². The average Bonchev–Trinajstić information content (AvgIpc) is 3.36. The SMILES string of the molecule is CCNC(COc1cccc(CO)c1)(C(=O)OC)C1CC1. The fourth-order valence-electron chi connectivity index (χ4n) is 2.62. The molecule has 0 amide bonds. The van der Waals surface area contributed by atoms with Crippen molar-refractivity contribution >= 4 is 5.97 Å². The minimum atomic E-state index is -0.779. The minimum absolute atomic E-state index is 0.0326. The Kier molecular flexibility index (Phi) is 5.20. The average molecular weight is 293 g/mol. The van der Waals surface area contributed by atoms with Crippen LogP contribution in [0, 0.1) is 5.92 Å². The van der Waals surface area contributed by atoms with E-state index >= 15 is 0 Å². The first-order valence-electron chi connectivity index (χ1n) is 7.32. The number of carbonyl (C=O) groups is 1. The van der Waals surface area contributed by atoms with Crippen molar-refractivity contribution in [3.05, 3.63) is 29.8 Å². The lowest BCUT2D eigenvalue weighted by Crippen LogP contribution is -2.58. The molecule has 1 aliphatic carbocycles. The van der Waals surface area contributed by atoms with Crippen LogP contribution in [0.5, 0.6) is 5.75 Å². The fourth-order valence-corrected chi connectivity index (χ4v) is 2.62. The lowest BCUT2D eigenvalue weighted by atomic mass is 9.94. The van der Waals surface area contributed by atoms with Gasteiger partial charge in [0.05, 0.1) is 13.7 Å². The van der Waals surface area contributed by atoms with Gasteiger partial charge in [0.1, 0.15) is 12.4 Å². The smallest absolute Gasteiger partial charge is 0.329 e. The predicted octanol–water partition coefficient (Wildman–Crippen LogP) is 1.49. The summed E-state index contributed by atoms with van der Waals surface area (Å²) in [6, 6.07) is 7.25. The topological polar surface area (TPSA) is 67.8 Å². The van der Waals surface area contributed by atoms with E-state index < -0.39 is 5.54 Å². The molecule has 1 unspecified atom stereocenters. The zero-order valence-electron chi connectivity index (χ0n) is 12.6. The molecule has 1 aliphatic rings. The number of hydrogen-bond acceptors (Lipinski definition) is 5. The Morgan fingerprint density at radius 2 is 2.24 bits per heavy atom. The summed E-state index contributed by atoms with van der Waals surface area (Å²) in [6.07, 6.45) is 2.00. The van der Waals surface area contributed by atoms with Crippen LogP contribution in [0.25, 0.3) is 0 Å². The standard InChI is InChI=1S/C16H23NO4/c1-3-17-16(13-7-8-13,15(19)20-2)11-21-14-6-4-5-12(9-14)10-18/h4-6,9,13,17-18H,3,7-8,10-11H2,1-2H3. The van der Waals surface area contributed by atoms with Crippen LogP contribution in [-0.2, 0) is 16.1 Å². The highest BCUT2D eigenvalue weighted by atomic mass is 16.5. The quantitative estimate of drug-likeness (QED) is 0.711. The number of likely N-dealkylation sites (N-methyl/N-ethyl adjacent to an activating group) is 1. The van der Waals surface area contributed by atoms with Crippen molar-refractivity contribution in [3.8, 4) is 5.75 Å². The summed E-state index contributed by atoms with van der Waals surface area (Å²) in [5, 5.41) is 12.4. The van der Waals surface area contributed by atoms with Crippen LogP contribution in [0.1, 0.15) is 25.3 Å². The largest absolute Gasteiger partial charge is 0.491 e. The molecule has 0 bridgehead atoms. The Labute approximate surface area is 125 Å². The van der Waals surface area contributed by atoms with Crippen LogP contribution >= 0.6 is 0 Å². The molecule has 1 aromatic rings. The van der Waals surface area contributed by atoms with Gasteiger partial charge in [0.25, 0.3) is 0 Å². The van der Waals surface area contributed by atoms with Gasteiger partial charge in [0.15, 0.2) is 5.54 Å². The highest BCUT2D eigenvalue weighted by Gasteiger charge is 2.52. The summed E-state index contributed by atoms with van der Waals surface area (Å²) >= 11 is 0. The maximum Gasteiger partial charge on any atom is 0.329 e. The van der Waals surface area contributed by atoms with Gasteiger partial charge in [-0.15, -0.1) is 0 Å². The van der Waals surface area contributed by atoms with Gasteiger partial charge < -0.3 is 14.6 Å². The molecule has 0 aromatic heterocycles. The monoisotopic (exact) mass is 293 g/mol. The molecular formula is C16H23NO4. The third kappa shape index (κ3) is 3.54. The molecular weight excluding hydrogens is 270 g/mol. The molecule has 0 spiro atoms. The Hall–Kier alpha value is -1.59. The van der Waals surface area contributed by atoms with E-state index in [1.165, 1.54) is 7.11 Å². The van der Waals surface area contributed by atoms with E-state index in [4.69, 9.17) is 14.6 Å². The molecule has 21 heavy (non-hydrogen) atoms. The Balaban J connectivity index is 2.12. The summed E-state index contributed by atoms with van der Waals surface area (Å²) in [4.78, 5) is 12.2. The van der Waals surface area contributed by atoms with Gasteiger partial charge in [-0.1, -0.05) is 19.1 Å². The first-order chi connectivity index (χ1) is 10.2. The van der Waals surface area contributed by atoms with Crippen LogP contribution < -0.4 is 10.1 Å². The number of nitrogens with one attached hydrogen (secondary N) is 1. The number of hydrogen-bond donors (Lipinski definition) is 2. The van der Waals surface area contributed by atoms with Crippen LogP contribution in [0.3, 0.4) is 0 Å². The number of aliphatic hydroxyl groups excluding tert-OH is 1. The second-order valence-corrected chi connectivity index (χ2v) is 5.36. The summed E-state index contributed by atoms with van der Waals surface area (Å²) in [7, 11) is 1.41. The number of rotatable bonds is 8. The van der Waals surface area contributed by atoms with Crippen LogP contribution in [-0.4, -0.2) is 36.9 Å². The molecule has 0 heterocycles. The van der Waals surface area contributed by atoms with E-state index in [-0.39, 0.29) is 25.1 Å². The van der Waals surface area contributed by atoms with Crippen LogP contribution in [0.4, 0.5) is 0 Å². The van der Waals surface area contributed by atoms with Crippen molar-refractivity contribution in [2.75, 3.05) is 20.3 Å². The van der Waals surface area contributed by atoms with E-state index in [9.17, 15) is 4.79 Å². The Morgan fingerprint density at radius 3 is 2.81 bits per heavy atom. The van der Waals surface area contributed by atoms with E-state index in [0.29, 0.717) is 12.3 Å². The maximum absolute atomic E-state index is 12.2. The molecule has 0 radical (unpaired) electrons. The molecule has 1 aromatic carbocycles. The highest BCUT2D eigenvalue weighted by molar-refractivity contribution is 5.82. The van der Waals surface area contributed by atoms with Gasteiger partial charge in [0, 0.05) is 0 Å². The Morgan fingerprint density at radius 1 is 1.48 bits per heavy atom. The summed E-state index contributed by atoms with van der Waals surface area (Å²) in [5.74, 6) is 0.629. The molecule has 116 valence electrons. The zero-order chi connectivity index (χ0) is 15.3. The number of aliphatic hydroxyl groups is 1. The third-order valence-corrected chi connectivity index (χ3v) is 3.86. The fraction of sp³-hybridized carbons (Fsp3) is 0.562. The first kappa shape index (κ1) is 15.8. The van der Waals surface area contributed by atoms with Crippen LogP contribution in [0.15, 0.2) is 24.3 Å². The molecule has 1 saturated carbocycles. The lowest BCUT2D eigenvalue weighted by molar-refractivity contribution is -0.151. The van der Waals surface area contributed by atoms with E-state index in [0.717, 1.165) is 18.4 Å². The molecule has 2 N–H and O–H groups in total. The van der Waals surface area contributed by atoms with E-state index in [2.05, 4.69) is 5.32 Å². The molecule has 1 fully saturated rings. The predicted molar refractivity (Wildman–Crippen MR) is 79.0 cm³/mol. The van der Waals surface area contributed by atoms with Gasteiger partial charge in [0.2, 0.25) is 0 Å². The molecule has 5 nitrogen and oxygen atoms in total. The molecule has 2 rings (SSSR count). The second-order valence-electron chi connectivity index (χ2n) is 5.36. The maximum atomic E-state index is 12.2. The molecule has 0 aliphatic heterocycles. The third-order valence-electron chi connectivity index (χ3n) is 3.86. The van der Waals surface area contributed by atoms with E-state index in [1.54, 1.807) is 6.07 Å². The van der Waals surface area contributed by atoms with Gasteiger partial charge in [-0.2, -0.15) is 0 Å². The summed E-state index contributed by atoms with van der Waals surface area (Å²) < 4.78 is 10.8. The number of benzene rings is 1. The number of carbonyl (C=O) groups excluding carboxylic acids is 1. The summed E-state index contributed by atoms with van der Waals surface area (Å²) in [5.41, 5.74) is 0.00432.